The summed E-state index contributed by atoms with van der Waals surface area (Å²) >= 11 is 0. The molecule has 3 heterocycles. The number of piperidine rings is 1. The SMILES string of the molecule is O=C1CCC(N2Cc3c(cc4c(c3F)CC3(CNC3)C4)C2=O)C(=O)N1. The van der Waals surface area contributed by atoms with Crippen molar-refractivity contribution < 1.29 is 18.8 Å². The lowest BCUT2D eigenvalue weighted by atomic mass is 9.79. The van der Waals surface area contributed by atoms with Crippen LogP contribution in [0, 0.1) is 11.2 Å². The molecule has 1 unspecified atom stereocenters. The van der Waals surface area contributed by atoms with Gasteiger partial charge in [-0.25, -0.2) is 4.39 Å². The van der Waals surface area contributed by atoms with E-state index in [0.29, 0.717) is 24.0 Å². The number of hydrogen-bond donors (Lipinski definition) is 2. The molecule has 0 bridgehead atoms. The Morgan fingerprint density at radius 2 is 1.96 bits per heavy atom. The van der Waals surface area contributed by atoms with Crippen LogP contribution in [0.4, 0.5) is 4.39 Å². The molecule has 1 aromatic rings. The molecular formula is C18H18FN3O3. The van der Waals surface area contributed by atoms with Gasteiger partial charge >= 0.3 is 0 Å². The number of nitrogens with zero attached hydrogens (tertiary/aromatic N) is 1. The zero-order valence-electron chi connectivity index (χ0n) is 13.7. The van der Waals surface area contributed by atoms with E-state index in [-0.39, 0.29) is 36.0 Å². The molecule has 0 aromatic heterocycles. The van der Waals surface area contributed by atoms with Crippen molar-refractivity contribution in [1.29, 1.82) is 0 Å². The van der Waals surface area contributed by atoms with Gasteiger partial charge in [-0.3, -0.25) is 19.7 Å². The average Bonchev–Trinajstić information content (AvgIpc) is 3.08. The predicted molar refractivity (Wildman–Crippen MR) is 85.2 cm³/mol. The van der Waals surface area contributed by atoms with Gasteiger partial charge in [0.15, 0.2) is 0 Å². The fourth-order valence-corrected chi connectivity index (χ4v) is 4.68. The van der Waals surface area contributed by atoms with E-state index in [0.717, 1.165) is 30.6 Å². The van der Waals surface area contributed by atoms with Gasteiger partial charge in [-0.1, -0.05) is 0 Å². The Morgan fingerprint density at radius 1 is 1.16 bits per heavy atom. The van der Waals surface area contributed by atoms with Crippen LogP contribution in [0.2, 0.25) is 0 Å². The molecule has 0 saturated carbocycles. The zero-order chi connectivity index (χ0) is 17.3. The first-order valence-corrected chi connectivity index (χ1v) is 8.66. The summed E-state index contributed by atoms with van der Waals surface area (Å²) in [5.74, 6) is -1.38. The predicted octanol–water partition coefficient (Wildman–Crippen LogP) is 0.275. The number of carbonyl (C=O) groups excluding carboxylic acids is 3. The number of benzene rings is 1. The fourth-order valence-electron chi connectivity index (χ4n) is 4.68. The molecule has 1 spiro atoms. The van der Waals surface area contributed by atoms with Crippen molar-refractivity contribution in [3.05, 3.63) is 34.1 Å². The largest absolute Gasteiger partial charge is 0.322 e. The number of halogens is 1. The minimum absolute atomic E-state index is 0.102. The zero-order valence-corrected chi connectivity index (χ0v) is 13.7. The maximum Gasteiger partial charge on any atom is 0.255 e. The van der Waals surface area contributed by atoms with Crippen LogP contribution in [0.25, 0.3) is 0 Å². The highest BCUT2D eigenvalue weighted by Gasteiger charge is 2.46. The molecule has 3 amide bonds. The van der Waals surface area contributed by atoms with Gasteiger partial charge in [-0.05, 0) is 36.5 Å². The lowest BCUT2D eigenvalue weighted by Gasteiger charge is -2.39. The molecule has 25 heavy (non-hydrogen) atoms. The number of rotatable bonds is 1. The highest BCUT2D eigenvalue weighted by molar-refractivity contribution is 6.05. The van der Waals surface area contributed by atoms with E-state index in [1.54, 1.807) is 0 Å². The molecule has 6 nitrogen and oxygen atoms in total. The Balaban J connectivity index is 1.48. The van der Waals surface area contributed by atoms with Gasteiger partial charge < -0.3 is 10.2 Å². The van der Waals surface area contributed by atoms with Crippen molar-refractivity contribution in [2.24, 2.45) is 5.41 Å². The van der Waals surface area contributed by atoms with E-state index < -0.39 is 11.9 Å². The van der Waals surface area contributed by atoms with Crippen LogP contribution in [0.15, 0.2) is 6.07 Å². The second kappa shape index (κ2) is 4.88. The third-order valence-electron chi connectivity index (χ3n) is 6.08. The number of fused-ring (bicyclic) bond motifs is 2. The van der Waals surface area contributed by atoms with Crippen LogP contribution in [0.3, 0.4) is 0 Å². The molecular weight excluding hydrogens is 325 g/mol. The molecule has 1 aromatic carbocycles. The van der Waals surface area contributed by atoms with Gasteiger partial charge in [-0.15, -0.1) is 0 Å². The molecule has 7 heteroatoms. The molecule has 2 saturated heterocycles. The average molecular weight is 343 g/mol. The first-order valence-electron chi connectivity index (χ1n) is 8.66. The lowest BCUT2D eigenvalue weighted by molar-refractivity contribution is -0.136. The minimum atomic E-state index is -0.700. The molecule has 2 N–H and O–H groups in total. The first kappa shape index (κ1) is 15.0. The molecule has 4 aliphatic rings. The van der Waals surface area contributed by atoms with Gasteiger partial charge in [0.25, 0.3) is 5.91 Å². The Bertz CT molecular complexity index is 846. The van der Waals surface area contributed by atoms with Crippen molar-refractivity contribution in [2.75, 3.05) is 13.1 Å². The van der Waals surface area contributed by atoms with Gasteiger partial charge in [0, 0.05) is 36.1 Å². The lowest BCUT2D eigenvalue weighted by Crippen LogP contribution is -2.54. The van der Waals surface area contributed by atoms with E-state index >= 15 is 4.39 Å². The molecule has 130 valence electrons. The maximum absolute atomic E-state index is 15.1. The van der Waals surface area contributed by atoms with Crippen LogP contribution in [-0.4, -0.2) is 41.8 Å². The molecule has 2 fully saturated rings. The number of hydrogen-bond acceptors (Lipinski definition) is 4. The fraction of sp³-hybridized carbons (Fsp3) is 0.500. The second-order valence-corrected chi connectivity index (χ2v) is 7.71. The quantitative estimate of drug-likeness (QED) is 0.718. The Morgan fingerprint density at radius 3 is 2.64 bits per heavy atom. The number of carbonyl (C=O) groups is 3. The summed E-state index contributed by atoms with van der Waals surface area (Å²) in [5.41, 5.74) is 2.56. The van der Waals surface area contributed by atoms with Crippen LogP contribution in [0.1, 0.15) is 39.9 Å². The third kappa shape index (κ3) is 2.02. The molecule has 5 rings (SSSR count). The maximum atomic E-state index is 15.1. The minimum Gasteiger partial charge on any atom is -0.322 e. The topological polar surface area (TPSA) is 78.5 Å². The normalized spacial score (nSPS) is 26.5. The van der Waals surface area contributed by atoms with E-state index in [1.807, 2.05) is 6.07 Å². The summed E-state index contributed by atoms with van der Waals surface area (Å²) in [4.78, 5) is 37.6. The summed E-state index contributed by atoms with van der Waals surface area (Å²) in [6.45, 7) is 1.88. The standard InChI is InChI=1S/C18H18FN3O3/c19-15-11-5-18(7-20-8-18)4-9(11)3-10-12(15)6-22(17(10)25)13-1-2-14(23)21-16(13)24/h3,13,20H,1-2,4-8H2,(H,21,23,24). The number of amides is 3. The summed E-state index contributed by atoms with van der Waals surface area (Å²) < 4.78 is 15.1. The highest BCUT2D eigenvalue weighted by atomic mass is 19.1. The molecule has 0 radical (unpaired) electrons. The molecule has 3 aliphatic heterocycles. The second-order valence-electron chi connectivity index (χ2n) is 7.71. The Labute approximate surface area is 143 Å². The van der Waals surface area contributed by atoms with Crippen molar-refractivity contribution in [3.63, 3.8) is 0 Å². The van der Waals surface area contributed by atoms with Crippen LogP contribution in [-0.2, 0) is 29.0 Å². The van der Waals surface area contributed by atoms with Crippen LogP contribution >= 0.6 is 0 Å². The van der Waals surface area contributed by atoms with Crippen molar-refractivity contribution in [3.8, 4) is 0 Å². The highest BCUT2D eigenvalue weighted by Crippen LogP contribution is 2.44. The summed E-state index contributed by atoms with van der Waals surface area (Å²) in [6.07, 6.45) is 2.00. The van der Waals surface area contributed by atoms with Crippen LogP contribution in [0.5, 0.6) is 0 Å². The van der Waals surface area contributed by atoms with E-state index in [2.05, 4.69) is 10.6 Å². The molecule has 1 atom stereocenters. The smallest absolute Gasteiger partial charge is 0.255 e. The number of imide groups is 1. The van der Waals surface area contributed by atoms with E-state index in [4.69, 9.17) is 0 Å². The summed E-state index contributed by atoms with van der Waals surface area (Å²) in [5, 5.41) is 5.52. The van der Waals surface area contributed by atoms with Gasteiger partial charge in [0.2, 0.25) is 11.8 Å². The first-order chi connectivity index (χ1) is 12.0. The van der Waals surface area contributed by atoms with Gasteiger partial charge in [0.05, 0.1) is 6.54 Å². The monoisotopic (exact) mass is 343 g/mol. The Hall–Kier alpha value is -2.28. The Kier molecular flexibility index (Phi) is 2.93. The van der Waals surface area contributed by atoms with Gasteiger partial charge in [0.1, 0.15) is 11.9 Å². The third-order valence-corrected chi connectivity index (χ3v) is 6.08. The van der Waals surface area contributed by atoms with Crippen LogP contribution < -0.4 is 10.6 Å². The van der Waals surface area contributed by atoms with Crippen molar-refractivity contribution in [1.82, 2.24) is 15.5 Å². The van der Waals surface area contributed by atoms with E-state index in [1.165, 1.54) is 4.90 Å². The van der Waals surface area contributed by atoms with Crippen molar-refractivity contribution in [2.45, 2.75) is 38.3 Å². The van der Waals surface area contributed by atoms with E-state index in [9.17, 15) is 14.4 Å². The molecule has 1 aliphatic carbocycles. The van der Waals surface area contributed by atoms with Gasteiger partial charge in [-0.2, -0.15) is 0 Å². The number of nitrogens with one attached hydrogen (secondary N) is 2. The van der Waals surface area contributed by atoms with Crippen molar-refractivity contribution >= 4 is 17.7 Å². The summed E-state index contributed by atoms with van der Waals surface area (Å²) in [7, 11) is 0. The summed E-state index contributed by atoms with van der Waals surface area (Å²) in [6, 6.07) is 1.13.